The molecule has 0 saturated carbocycles. The van der Waals surface area contributed by atoms with Crippen LogP contribution in [0.3, 0.4) is 0 Å². The van der Waals surface area contributed by atoms with Crippen molar-refractivity contribution in [2.24, 2.45) is 0 Å². The maximum absolute atomic E-state index is 13.5. The molecule has 1 aromatic heterocycles. The van der Waals surface area contributed by atoms with Crippen LogP contribution in [0.5, 0.6) is 5.75 Å². The van der Waals surface area contributed by atoms with Gasteiger partial charge >= 0.3 is 0 Å². The van der Waals surface area contributed by atoms with E-state index in [1.54, 1.807) is 25.4 Å². The van der Waals surface area contributed by atoms with Crippen LogP contribution in [0.4, 0.5) is 10.2 Å². The smallest absolute Gasteiger partial charge is 0.166 e. The van der Waals surface area contributed by atoms with E-state index in [0.29, 0.717) is 4.47 Å². The summed E-state index contributed by atoms with van der Waals surface area (Å²) in [5, 5.41) is 2.93. The van der Waals surface area contributed by atoms with E-state index in [4.69, 9.17) is 4.74 Å². The van der Waals surface area contributed by atoms with Crippen molar-refractivity contribution < 1.29 is 9.13 Å². The first-order valence-corrected chi connectivity index (χ1v) is 6.19. The molecular formula is C13H12BrFN2O. The highest BCUT2D eigenvalue weighted by Crippen LogP contribution is 2.22. The second-order valence-electron chi connectivity index (χ2n) is 3.67. The molecule has 94 valence electrons. The van der Waals surface area contributed by atoms with Gasteiger partial charge in [-0.15, -0.1) is 0 Å². The van der Waals surface area contributed by atoms with Crippen LogP contribution in [0.25, 0.3) is 0 Å². The number of benzene rings is 1. The summed E-state index contributed by atoms with van der Waals surface area (Å²) in [6.07, 6.45) is 1.70. The van der Waals surface area contributed by atoms with Gasteiger partial charge in [0.1, 0.15) is 12.4 Å². The molecular weight excluding hydrogens is 299 g/mol. The summed E-state index contributed by atoms with van der Waals surface area (Å²) in [7, 11) is 1.80. The number of hydrogen-bond donors (Lipinski definition) is 1. The van der Waals surface area contributed by atoms with E-state index in [2.05, 4.69) is 26.2 Å². The Morgan fingerprint density at radius 2 is 2.17 bits per heavy atom. The van der Waals surface area contributed by atoms with Crippen molar-refractivity contribution in [2.75, 3.05) is 12.4 Å². The van der Waals surface area contributed by atoms with Crippen LogP contribution >= 0.6 is 15.9 Å². The Morgan fingerprint density at radius 3 is 2.78 bits per heavy atom. The van der Waals surface area contributed by atoms with Crippen molar-refractivity contribution >= 4 is 21.7 Å². The van der Waals surface area contributed by atoms with Crippen molar-refractivity contribution in [1.29, 1.82) is 0 Å². The summed E-state index contributed by atoms with van der Waals surface area (Å²) < 4.78 is 19.6. The lowest BCUT2D eigenvalue weighted by Gasteiger charge is -2.07. The zero-order chi connectivity index (χ0) is 13.0. The van der Waals surface area contributed by atoms with Crippen molar-refractivity contribution in [3.8, 4) is 5.75 Å². The van der Waals surface area contributed by atoms with Gasteiger partial charge in [0.25, 0.3) is 0 Å². The summed E-state index contributed by atoms with van der Waals surface area (Å²) in [6, 6.07) is 8.43. The molecule has 5 heteroatoms. The van der Waals surface area contributed by atoms with E-state index < -0.39 is 0 Å². The van der Waals surface area contributed by atoms with Crippen molar-refractivity contribution in [3.05, 3.63) is 52.4 Å². The summed E-state index contributed by atoms with van der Waals surface area (Å²) in [5.74, 6) is 0.633. The molecule has 0 spiro atoms. The van der Waals surface area contributed by atoms with E-state index in [1.165, 1.54) is 6.07 Å². The van der Waals surface area contributed by atoms with E-state index >= 15 is 0 Å². The van der Waals surface area contributed by atoms with Gasteiger partial charge in [-0.3, -0.25) is 0 Å². The lowest BCUT2D eigenvalue weighted by Crippen LogP contribution is -1.99. The monoisotopic (exact) mass is 310 g/mol. The van der Waals surface area contributed by atoms with Gasteiger partial charge in [-0.2, -0.15) is 0 Å². The maximum atomic E-state index is 13.5. The number of aromatic nitrogens is 1. The molecule has 1 heterocycles. The van der Waals surface area contributed by atoms with Gasteiger partial charge in [0, 0.05) is 23.3 Å². The highest BCUT2D eigenvalue weighted by molar-refractivity contribution is 9.10. The molecule has 0 bridgehead atoms. The molecule has 0 amide bonds. The fourth-order valence-electron chi connectivity index (χ4n) is 1.41. The van der Waals surface area contributed by atoms with Crippen LogP contribution in [0.2, 0.25) is 0 Å². The topological polar surface area (TPSA) is 34.1 Å². The summed E-state index contributed by atoms with van der Waals surface area (Å²) in [5.41, 5.74) is 0.885. The Kier molecular flexibility index (Phi) is 4.15. The Labute approximate surface area is 113 Å². The number of nitrogens with one attached hydrogen (secondary N) is 1. The van der Waals surface area contributed by atoms with Crippen LogP contribution in [-0.2, 0) is 6.61 Å². The zero-order valence-corrected chi connectivity index (χ0v) is 11.4. The molecule has 1 N–H and O–H groups in total. The Bertz CT molecular complexity index is 531. The average molecular weight is 311 g/mol. The molecule has 0 fully saturated rings. The first-order valence-electron chi connectivity index (χ1n) is 5.39. The van der Waals surface area contributed by atoms with E-state index in [1.807, 2.05) is 12.1 Å². The summed E-state index contributed by atoms with van der Waals surface area (Å²) in [4.78, 5) is 4.15. The first kappa shape index (κ1) is 12.8. The molecule has 1 aromatic carbocycles. The Balaban J connectivity index is 2.02. The Hall–Kier alpha value is -1.62. The minimum absolute atomic E-state index is 0.232. The fourth-order valence-corrected chi connectivity index (χ4v) is 1.74. The third kappa shape index (κ3) is 3.20. The van der Waals surface area contributed by atoms with Gasteiger partial charge in [0.15, 0.2) is 11.6 Å². The van der Waals surface area contributed by atoms with Gasteiger partial charge in [-0.1, -0.05) is 22.0 Å². The van der Waals surface area contributed by atoms with Crippen LogP contribution < -0.4 is 10.1 Å². The normalized spacial score (nSPS) is 10.2. The largest absolute Gasteiger partial charge is 0.486 e. The van der Waals surface area contributed by atoms with Gasteiger partial charge in [0.05, 0.1) is 0 Å². The lowest BCUT2D eigenvalue weighted by atomic mass is 10.3. The molecule has 2 aromatic rings. The molecule has 18 heavy (non-hydrogen) atoms. The number of anilines is 1. The average Bonchev–Trinajstić information content (AvgIpc) is 2.38. The zero-order valence-electron chi connectivity index (χ0n) is 9.78. The summed E-state index contributed by atoms with van der Waals surface area (Å²) in [6.45, 7) is 0.287. The second-order valence-corrected chi connectivity index (χ2v) is 4.58. The minimum Gasteiger partial charge on any atom is -0.486 e. The van der Waals surface area contributed by atoms with Crippen molar-refractivity contribution in [3.63, 3.8) is 0 Å². The van der Waals surface area contributed by atoms with Crippen LogP contribution in [0.1, 0.15) is 5.56 Å². The maximum Gasteiger partial charge on any atom is 0.166 e. The fraction of sp³-hybridized carbons (Fsp3) is 0.154. The van der Waals surface area contributed by atoms with Crippen molar-refractivity contribution in [2.45, 2.75) is 6.61 Å². The van der Waals surface area contributed by atoms with Crippen LogP contribution in [0, 0.1) is 5.82 Å². The van der Waals surface area contributed by atoms with Crippen LogP contribution in [0.15, 0.2) is 41.0 Å². The number of halogens is 2. The molecule has 2 rings (SSSR count). The first-order chi connectivity index (χ1) is 8.69. The third-order valence-electron chi connectivity index (χ3n) is 2.37. The number of ether oxygens (including phenoxy) is 1. The highest BCUT2D eigenvalue weighted by atomic mass is 79.9. The highest BCUT2D eigenvalue weighted by Gasteiger charge is 2.04. The molecule has 0 atom stereocenters. The molecule has 0 aliphatic heterocycles. The number of nitrogens with zero attached hydrogens (tertiary/aromatic N) is 1. The lowest BCUT2D eigenvalue weighted by molar-refractivity contribution is 0.290. The van der Waals surface area contributed by atoms with Crippen LogP contribution in [-0.4, -0.2) is 12.0 Å². The molecule has 0 unspecified atom stereocenters. The summed E-state index contributed by atoms with van der Waals surface area (Å²) >= 11 is 3.20. The van der Waals surface area contributed by atoms with Gasteiger partial charge in [0.2, 0.25) is 0 Å². The van der Waals surface area contributed by atoms with E-state index in [9.17, 15) is 4.39 Å². The van der Waals surface area contributed by atoms with Crippen molar-refractivity contribution in [1.82, 2.24) is 4.98 Å². The second kappa shape index (κ2) is 5.82. The molecule has 0 saturated heterocycles. The predicted molar refractivity (Wildman–Crippen MR) is 72.2 cm³/mol. The molecule has 0 radical (unpaired) electrons. The number of pyridine rings is 1. The van der Waals surface area contributed by atoms with Gasteiger partial charge in [-0.25, -0.2) is 9.37 Å². The predicted octanol–water partition coefficient (Wildman–Crippen LogP) is 3.60. The quantitative estimate of drug-likeness (QED) is 0.937. The number of hydrogen-bond acceptors (Lipinski definition) is 3. The SMILES string of the molecule is CNc1ccc(COc2ccc(Br)cc2F)cn1. The third-order valence-corrected chi connectivity index (χ3v) is 2.86. The van der Waals surface area contributed by atoms with E-state index in [0.717, 1.165) is 11.4 Å². The molecule has 3 nitrogen and oxygen atoms in total. The minimum atomic E-state index is -0.385. The van der Waals surface area contributed by atoms with E-state index in [-0.39, 0.29) is 18.2 Å². The van der Waals surface area contributed by atoms with Gasteiger partial charge in [-0.05, 0) is 24.3 Å². The van der Waals surface area contributed by atoms with Gasteiger partial charge < -0.3 is 10.1 Å². The molecule has 0 aliphatic carbocycles. The standard InChI is InChI=1S/C13H12BrFN2O/c1-16-13-5-2-9(7-17-13)8-18-12-4-3-10(14)6-11(12)15/h2-7H,8H2,1H3,(H,16,17). The molecule has 0 aliphatic rings. The Morgan fingerprint density at radius 1 is 1.33 bits per heavy atom. The number of rotatable bonds is 4.